The van der Waals surface area contributed by atoms with Gasteiger partial charge in [0.05, 0.1) is 28.4 Å². The number of anilines is 2. The molecule has 14 heteroatoms. The minimum atomic E-state index is -0.0342. The first kappa shape index (κ1) is 37.6. The van der Waals surface area contributed by atoms with Gasteiger partial charge in [0.1, 0.15) is 0 Å². The number of hydrogen-bond acceptors (Lipinski definition) is 14. The van der Waals surface area contributed by atoms with Crippen LogP contribution < -0.4 is 39.4 Å². The maximum atomic E-state index is 5.42. The number of nitrogens with zero attached hydrogens (tertiary/aromatic N) is 8. The molecule has 2 aliphatic rings. The van der Waals surface area contributed by atoms with Crippen LogP contribution in [-0.4, -0.2) is 106 Å². The minimum Gasteiger partial charge on any atom is -0.467 e. The molecule has 0 saturated carbocycles. The highest BCUT2D eigenvalue weighted by molar-refractivity contribution is 5.36. The third kappa shape index (κ3) is 10.1. The molecular formula is C34H60N10O4. The Morgan fingerprint density at radius 2 is 0.750 bits per heavy atom. The van der Waals surface area contributed by atoms with Crippen molar-refractivity contribution in [1.29, 1.82) is 0 Å². The molecule has 0 bridgehead atoms. The fourth-order valence-electron chi connectivity index (χ4n) is 8.07. The Morgan fingerprint density at radius 1 is 0.479 bits per heavy atom. The van der Waals surface area contributed by atoms with Gasteiger partial charge in [0.25, 0.3) is 0 Å². The van der Waals surface area contributed by atoms with Crippen molar-refractivity contribution in [3.8, 4) is 24.0 Å². The number of ether oxygens (including phenoxy) is 4. The molecule has 2 aliphatic heterocycles. The molecule has 14 nitrogen and oxygen atoms in total. The monoisotopic (exact) mass is 672 g/mol. The molecule has 2 aromatic heterocycles. The SMILES string of the molecule is COc1nc(OC)nc(N(CCCCCCN(c2nc(OC)nc(OC)n2)C2CC(C)(C)NC(C)(C)C2)C2CC(C)(C)NC(C)(C)C2)n1. The number of aromatic nitrogens is 6. The van der Waals surface area contributed by atoms with E-state index in [-0.39, 0.29) is 58.3 Å². The first-order chi connectivity index (χ1) is 22.5. The van der Waals surface area contributed by atoms with Gasteiger partial charge in [-0.3, -0.25) is 0 Å². The van der Waals surface area contributed by atoms with Crippen molar-refractivity contribution in [2.24, 2.45) is 0 Å². The Labute approximate surface area is 287 Å². The molecule has 270 valence electrons. The summed E-state index contributed by atoms with van der Waals surface area (Å²) >= 11 is 0. The molecule has 0 aromatic carbocycles. The number of methoxy groups -OCH3 is 4. The number of unbranched alkanes of at least 4 members (excludes halogenated alkanes) is 3. The lowest BCUT2D eigenvalue weighted by molar-refractivity contribution is 0.156. The number of hydrogen-bond donors (Lipinski definition) is 2. The van der Waals surface area contributed by atoms with Crippen molar-refractivity contribution < 1.29 is 18.9 Å². The van der Waals surface area contributed by atoms with E-state index in [4.69, 9.17) is 18.9 Å². The zero-order valence-corrected chi connectivity index (χ0v) is 31.4. The van der Waals surface area contributed by atoms with Crippen molar-refractivity contribution in [3.05, 3.63) is 0 Å². The van der Waals surface area contributed by atoms with Gasteiger partial charge in [-0.2, -0.15) is 19.9 Å². The normalized spacial score (nSPS) is 20.2. The Bertz CT molecular complexity index is 1180. The maximum absolute atomic E-state index is 5.42. The van der Waals surface area contributed by atoms with Gasteiger partial charge in [0.2, 0.25) is 11.9 Å². The topological polar surface area (TPSA) is 145 Å². The molecule has 2 aromatic rings. The van der Waals surface area contributed by atoms with Crippen molar-refractivity contribution in [2.75, 3.05) is 51.3 Å². The van der Waals surface area contributed by atoms with Gasteiger partial charge in [-0.25, -0.2) is 0 Å². The van der Waals surface area contributed by atoms with Gasteiger partial charge in [-0.05, 0) is 93.9 Å². The lowest BCUT2D eigenvalue weighted by Gasteiger charge is -2.49. The molecule has 0 spiro atoms. The Balaban J connectivity index is 1.48. The first-order valence-electron chi connectivity index (χ1n) is 17.3. The summed E-state index contributed by atoms with van der Waals surface area (Å²) in [4.78, 5) is 31.9. The zero-order chi connectivity index (χ0) is 35.3. The van der Waals surface area contributed by atoms with E-state index in [1.807, 2.05) is 0 Å². The number of rotatable bonds is 15. The van der Waals surface area contributed by atoms with Gasteiger partial charge in [0.15, 0.2) is 0 Å². The second-order valence-corrected chi connectivity index (χ2v) is 15.9. The average molecular weight is 673 g/mol. The van der Waals surface area contributed by atoms with Crippen LogP contribution in [0, 0.1) is 0 Å². The van der Waals surface area contributed by atoms with Crippen LogP contribution in [0.1, 0.15) is 107 Å². The average Bonchev–Trinajstić information content (AvgIpc) is 2.98. The molecule has 2 fully saturated rings. The minimum absolute atomic E-state index is 0.0342. The summed E-state index contributed by atoms with van der Waals surface area (Å²) in [5.41, 5.74) is -0.137. The second-order valence-electron chi connectivity index (χ2n) is 15.9. The molecule has 0 unspecified atom stereocenters. The van der Waals surface area contributed by atoms with Gasteiger partial charge in [-0.15, -0.1) is 9.97 Å². The summed E-state index contributed by atoms with van der Waals surface area (Å²) < 4.78 is 21.7. The van der Waals surface area contributed by atoms with Crippen LogP contribution in [0.25, 0.3) is 0 Å². The van der Waals surface area contributed by atoms with Crippen LogP contribution >= 0.6 is 0 Å². The van der Waals surface area contributed by atoms with E-state index in [0.29, 0.717) is 11.9 Å². The van der Waals surface area contributed by atoms with Crippen molar-refractivity contribution in [1.82, 2.24) is 40.5 Å². The van der Waals surface area contributed by atoms with E-state index in [0.717, 1.165) is 64.5 Å². The summed E-state index contributed by atoms with van der Waals surface area (Å²) in [5.74, 6) is 1.19. The van der Waals surface area contributed by atoms with Crippen LogP contribution in [0.5, 0.6) is 24.0 Å². The third-order valence-corrected chi connectivity index (χ3v) is 9.18. The zero-order valence-electron chi connectivity index (χ0n) is 31.4. The standard InChI is InChI=1S/C34H60N10O4/c1-31(2)19-23(20-32(3,4)41-31)43(25-35-27(45-9)39-28(36-25)46-10)17-15-13-14-16-18-44(24-21-33(5,6)42-34(7,8)22-24)26-37-29(47-11)40-30(38-26)48-12/h23-24,41-42H,13-22H2,1-12H3. The van der Waals surface area contributed by atoms with Crippen LogP contribution in [0.3, 0.4) is 0 Å². The maximum Gasteiger partial charge on any atom is 0.324 e. The van der Waals surface area contributed by atoms with Crippen molar-refractivity contribution in [2.45, 2.75) is 141 Å². The van der Waals surface area contributed by atoms with E-state index < -0.39 is 0 Å². The van der Waals surface area contributed by atoms with E-state index in [9.17, 15) is 0 Å². The van der Waals surface area contributed by atoms with Crippen molar-refractivity contribution in [3.63, 3.8) is 0 Å². The predicted octanol–water partition coefficient (Wildman–Crippen LogP) is 4.58. The highest BCUT2D eigenvalue weighted by Gasteiger charge is 2.42. The van der Waals surface area contributed by atoms with Gasteiger partial charge < -0.3 is 39.4 Å². The van der Waals surface area contributed by atoms with Gasteiger partial charge in [0, 0.05) is 47.3 Å². The Morgan fingerprint density at radius 3 is 1.00 bits per heavy atom. The first-order valence-corrected chi connectivity index (χ1v) is 17.3. The fourth-order valence-corrected chi connectivity index (χ4v) is 8.07. The van der Waals surface area contributed by atoms with Gasteiger partial charge >= 0.3 is 24.0 Å². The highest BCUT2D eigenvalue weighted by atomic mass is 16.5. The van der Waals surface area contributed by atoms with Crippen LogP contribution in [0.4, 0.5) is 11.9 Å². The van der Waals surface area contributed by atoms with E-state index in [2.05, 4.69) is 106 Å². The molecular weight excluding hydrogens is 612 g/mol. The number of nitrogens with one attached hydrogen (secondary N) is 2. The molecule has 4 heterocycles. The lowest BCUT2D eigenvalue weighted by atomic mass is 9.79. The van der Waals surface area contributed by atoms with Gasteiger partial charge in [-0.1, -0.05) is 12.8 Å². The quantitative estimate of drug-likeness (QED) is 0.255. The van der Waals surface area contributed by atoms with E-state index >= 15 is 0 Å². The number of piperidine rings is 2. The molecule has 0 aliphatic carbocycles. The summed E-state index contributed by atoms with van der Waals surface area (Å²) in [7, 11) is 6.27. The van der Waals surface area contributed by atoms with Crippen LogP contribution in [0.2, 0.25) is 0 Å². The van der Waals surface area contributed by atoms with Crippen molar-refractivity contribution >= 4 is 11.9 Å². The third-order valence-electron chi connectivity index (χ3n) is 9.18. The molecule has 4 rings (SSSR count). The van der Waals surface area contributed by atoms with Crippen LogP contribution in [-0.2, 0) is 0 Å². The summed E-state index contributed by atoms with van der Waals surface area (Å²) in [6.07, 6.45) is 7.92. The highest BCUT2D eigenvalue weighted by Crippen LogP contribution is 2.35. The fraction of sp³-hybridized carbons (Fsp3) is 0.824. The summed E-state index contributed by atoms with van der Waals surface area (Å²) in [5, 5.41) is 7.61. The molecule has 0 amide bonds. The molecule has 0 radical (unpaired) electrons. The molecule has 48 heavy (non-hydrogen) atoms. The Hall–Kier alpha value is -3.26. The Kier molecular flexibility index (Phi) is 11.8. The summed E-state index contributed by atoms with van der Waals surface area (Å²) in [6, 6.07) is 1.50. The van der Waals surface area contributed by atoms with Crippen LogP contribution in [0.15, 0.2) is 0 Å². The molecule has 0 atom stereocenters. The molecule has 2 saturated heterocycles. The van der Waals surface area contributed by atoms with E-state index in [1.165, 1.54) is 0 Å². The van der Waals surface area contributed by atoms with E-state index in [1.54, 1.807) is 28.4 Å². The summed E-state index contributed by atoms with van der Waals surface area (Å²) in [6.45, 7) is 19.8. The lowest BCUT2D eigenvalue weighted by Crippen LogP contribution is -2.62. The smallest absolute Gasteiger partial charge is 0.324 e. The predicted molar refractivity (Wildman–Crippen MR) is 188 cm³/mol. The largest absolute Gasteiger partial charge is 0.467 e. The molecule has 2 N–H and O–H groups in total. The second kappa shape index (κ2) is 15.1.